The van der Waals surface area contributed by atoms with Crippen molar-refractivity contribution in [3.05, 3.63) is 53.6 Å². The van der Waals surface area contributed by atoms with Crippen molar-refractivity contribution in [2.24, 2.45) is 0 Å². The number of hydrogen-bond acceptors (Lipinski definition) is 5. The van der Waals surface area contributed by atoms with Gasteiger partial charge in [0.25, 0.3) is 5.91 Å². The van der Waals surface area contributed by atoms with Gasteiger partial charge in [-0.05, 0) is 48.7 Å². The van der Waals surface area contributed by atoms with Crippen molar-refractivity contribution in [3.8, 4) is 11.5 Å². The van der Waals surface area contributed by atoms with Crippen LogP contribution in [0.15, 0.2) is 42.5 Å². The summed E-state index contributed by atoms with van der Waals surface area (Å²) in [6.45, 7) is 3.51. The quantitative estimate of drug-likeness (QED) is 0.715. The van der Waals surface area contributed by atoms with E-state index in [1.165, 1.54) is 0 Å². The highest BCUT2D eigenvalue weighted by Crippen LogP contribution is 2.34. The lowest BCUT2D eigenvalue weighted by molar-refractivity contribution is -0.133. The summed E-state index contributed by atoms with van der Waals surface area (Å²) in [5.41, 5.74) is 1.44. The highest BCUT2D eigenvalue weighted by Gasteiger charge is 2.48. The third-order valence-corrected chi connectivity index (χ3v) is 5.29. The predicted molar refractivity (Wildman–Crippen MR) is 109 cm³/mol. The molecule has 0 radical (unpaired) electrons. The molecule has 0 spiro atoms. The molecule has 2 aromatic carbocycles. The van der Waals surface area contributed by atoms with E-state index in [4.69, 9.17) is 9.47 Å². The number of urea groups is 1. The molecule has 1 unspecified atom stereocenters. The van der Waals surface area contributed by atoms with Crippen LogP contribution >= 0.6 is 0 Å². The summed E-state index contributed by atoms with van der Waals surface area (Å²) < 4.78 is 10.7. The smallest absolute Gasteiger partial charge is 0.325 e. The fourth-order valence-corrected chi connectivity index (χ4v) is 3.64. The number of aryl methyl sites for hydroxylation is 1. The van der Waals surface area contributed by atoms with Crippen LogP contribution in [0.1, 0.15) is 25.0 Å². The first-order chi connectivity index (χ1) is 14.4. The maximum atomic E-state index is 13.0. The van der Waals surface area contributed by atoms with Gasteiger partial charge in [-0.3, -0.25) is 14.5 Å². The molecule has 4 amide bonds. The molecule has 1 fully saturated rings. The van der Waals surface area contributed by atoms with Crippen LogP contribution in [0.2, 0.25) is 0 Å². The average Bonchev–Trinajstić information content (AvgIpc) is 3.26. The summed E-state index contributed by atoms with van der Waals surface area (Å²) in [5, 5.41) is 5.44. The molecule has 2 N–H and O–H groups in total. The Hall–Kier alpha value is -3.55. The SMILES string of the molecule is CCc1ccc(NC(=O)CN2C(=O)NC(C)(Cc3ccc4c(c3)OCO4)C2=O)cc1. The van der Waals surface area contributed by atoms with Crippen LogP contribution in [0.5, 0.6) is 11.5 Å². The Kier molecular flexibility index (Phi) is 5.07. The van der Waals surface area contributed by atoms with Gasteiger partial charge in [0.05, 0.1) is 0 Å². The van der Waals surface area contributed by atoms with Crippen molar-refractivity contribution in [2.45, 2.75) is 32.2 Å². The molecule has 2 aliphatic rings. The molecule has 0 bridgehead atoms. The minimum atomic E-state index is -1.15. The maximum absolute atomic E-state index is 13.0. The van der Waals surface area contributed by atoms with E-state index in [2.05, 4.69) is 10.6 Å². The third kappa shape index (κ3) is 3.80. The van der Waals surface area contributed by atoms with E-state index in [9.17, 15) is 14.4 Å². The molecule has 156 valence electrons. The molecule has 30 heavy (non-hydrogen) atoms. The van der Waals surface area contributed by atoms with Gasteiger partial charge in [-0.15, -0.1) is 0 Å². The summed E-state index contributed by atoms with van der Waals surface area (Å²) in [5.74, 6) is 0.380. The summed E-state index contributed by atoms with van der Waals surface area (Å²) in [6, 6.07) is 12.3. The molecule has 0 aromatic heterocycles. The zero-order chi connectivity index (χ0) is 21.3. The number of nitrogens with zero attached hydrogens (tertiary/aromatic N) is 1. The Morgan fingerprint density at radius 3 is 2.53 bits per heavy atom. The molecule has 8 nitrogen and oxygen atoms in total. The zero-order valence-electron chi connectivity index (χ0n) is 16.9. The van der Waals surface area contributed by atoms with Crippen LogP contribution in [0, 0.1) is 0 Å². The first-order valence-corrected chi connectivity index (χ1v) is 9.79. The Morgan fingerprint density at radius 2 is 1.80 bits per heavy atom. The minimum Gasteiger partial charge on any atom is -0.454 e. The van der Waals surface area contributed by atoms with Gasteiger partial charge in [-0.2, -0.15) is 0 Å². The van der Waals surface area contributed by atoms with Crippen molar-refractivity contribution < 1.29 is 23.9 Å². The third-order valence-electron chi connectivity index (χ3n) is 5.29. The predicted octanol–water partition coefficient (Wildman–Crippen LogP) is 2.47. The molecule has 2 aliphatic heterocycles. The summed E-state index contributed by atoms with van der Waals surface area (Å²) >= 11 is 0. The van der Waals surface area contributed by atoms with E-state index in [-0.39, 0.29) is 19.8 Å². The standard InChI is InChI=1S/C22H23N3O5/c1-3-14-4-7-16(8-5-14)23-19(26)12-25-20(27)22(2,24-21(25)28)11-15-6-9-17-18(10-15)30-13-29-17/h4-10H,3,11-13H2,1-2H3,(H,23,26)(H,24,28). The average molecular weight is 409 g/mol. The fraction of sp³-hybridized carbons (Fsp3) is 0.318. The molecule has 2 heterocycles. The molecule has 0 saturated carbocycles. The molecular formula is C22H23N3O5. The number of ether oxygens (including phenoxy) is 2. The number of amides is 4. The molecule has 0 aliphatic carbocycles. The second kappa shape index (κ2) is 7.70. The number of anilines is 1. The molecule has 8 heteroatoms. The number of hydrogen-bond donors (Lipinski definition) is 2. The van der Waals surface area contributed by atoms with Gasteiger partial charge in [0, 0.05) is 12.1 Å². The van der Waals surface area contributed by atoms with Crippen molar-refractivity contribution in [2.75, 3.05) is 18.7 Å². The van der Waals surface area contributed by atoms with E-state index in [1.807, 2.05) is 25.1 Å². The Labute approximate surface area is 174 Å². The van der Waals surface area contributed by atoms with Gasteiger partial charge in [0.1, 0.15) is 12.1 Å². The van der Waals surface area contributed by atoms with E-state index >= 15 is 0 Å². The Bertz CT molecular complexity index is 1000. The van der Waals surface area contributed by atoms with E-state index in [1.54, 1.807) is 31.2 Å². The first-order valence-electron chi connectivity index (χ1n) is 9.79. The monoisotopic (exact) mass is 409 g/mol. The van der Waals surface area contributed by atoms with Crippen molar-refractivity contribution in [1.82, 2.24) is 10.2 Å². The number of benzene rings is 2. The van der Waals surface area contributed by atoms with E-state index in [0.717, 1.165) is 22.4 Å². The van der Waals surface area contributed by atoms with Crippen molar-refractivity contribution in [1.29, 1.82) is 0 Å². The lowest BCUT2D eigenvalue weighted by Gasteiger charge is -2.22. The van der Waals surface area contributed by atoms with E-state index < -0.39 is 23.4 Å². The Morgan fingerprint density at radius 1 is 1.10 bits per heavy atom. The highest BCUT2D eigenvalue weighted by molar-refractivity contribution is 6.10. The second-order valence-corrected chi connectivity index (χ2v) is 7.62. The lowest BCUT2D eigenvalue weighted by atomic mass is 9.92. The van der Waals surface area contributed by atoms with Crippen LogP contribution in [0.4, 0.5) is 10.5 Å². The number of nitrogens with one attached hydrogen (secondary N) is 2. The zero-order valence-corrected chi connectivity index (χ0v) is 16.9. The van der Waals surface area contributed by atoms with Crippen LogP contribution in [0.25, 0.3) is 0 Å². The van der Waals surface area contributed by atoms with Crippen LogP contribution < -0.4 is 20.1 Å². The van der Waals surface area contributed by atoms with Gasteiger partial charge in [0.2, 0.25) is 12.7 Å². The fourth-order valence-electron chi connectivity index (χ4n) is 3.64. The van der Waals surface area contributed by atoms with Crippen molar-refractivity contribution >= 4 is 23.5 Å². The Balaban J connectivity index is 1.41. The largest absolute Gasteiger partial charge is 0.454 e. The number of carbonyl (C=O) groups excluding carboxylic acids is 3. The van der Waals surface area contributed by atoms with Gasteiger partial charge >= 0.3 is 6.03 Å². The molecule has 4 rings (SSSR count). The molecular weight excluding hydrogens is 386 g/mol. The molecule has 1 saturated heterocycles. The summed E-state index contributed by atoms with van der Waals surface area (Å²) in [6.07, 6.45) is 1.17. The molecule has 1 atom stereocenters. The molecule has 2 aromatic rings. The van der Waals surface area contributed by atoms with E-state index in [0.29, 0.717) is 17.2 Å². The van der Waals surface area contributed by atoms with Crippen LogP contribution in [0.3, 0.4) is 0 Å². The summed E-state index contributed by atoms with van der Waals surface area (Å²) in [4.78, 5) is 38.7. The maximum Gasteiger partial charge on any atom is 0.325 e. The second-order valence-electron chi connectivity index (χ2n) is 7.62. The summed E-state index contributed by atoms with van der Waals surface area (Å²) in [7, 11) is 0. The highest BCUT2D eigenvalue weighted by atomic mass is 16.7. The number of imide groups is 1. The minimum absolute atomic E-state index is 0.162. The van der Waals surface area contributed by atoms with Gasteiger partial charge in [-0.25, -0.2) is 4.79 Å². The van der Waals surface area contributed by atoms with Gasteiger partial charge in [0.15, 0.2) is 11.5 Å². The van der Waals surface area contributed by atoms with Crippen molar-refractivity contribution in [3.63, 3.8) is 0 Å². The normalized spacial score (nSPS) is 19.7. The van der Waals surface area contributed by atoms with Gasteiger partial charge in [-0.1, -0.05) is 25.1 Å². The topological polar surface area (TPSA) is 97.0 Å². The van der Waals surface area contributed by atoms with Crippen LogP contribution in [-0.4, -0.2) is 41.6 Å². The lowest BCUT2D eigenvalue weighted by Crippen LogP contribution is -2.46. The number of fused-ring (bicyclic) bond motifs is 1. The number of carbonyl (C=O) groups is 3. The first kappa shape index (κ1) is 19.8. The number of rotatable bonds is 6. The van der Waals surface area contributed by atoms with Gasteiger partial charge < -0.3 is 20.1 Å². The van der Waals surface area contributed by atoms with Crippen LogP contribution in [-0.2, 0) is 22.4 Å².